The second-order valence-corrected chi connectivity index (χ2v) is 9.43. The van der Waals surface area contributed by atoms with Crippen molar-refractivity contribution in [1.29, 1.82) is 0 Å². The Morgan fingerprint density at radius 1 is 0.972 bits per heavy atom. The van der Waals surface area contributed by atoms with E-state index in [0.29, 0.717) is 49.9 Å². The quantitative estimate of drug-likeness (QED) is 0.490. The average molecular weight is 499 g/mol. The van der Waals surface area contributed by atoms with Crippen molar-refractivity contribution in [2.24, 2.45) is 5.92 Å². The van der Waals surface area contributed by atoms with Gasteiger partial charge in [-0.3, -0.25) is 9.59 Å². The number of ether oxygens (including phenoxy) is 2. The van der Waals surface area contributed by atoms with Crippen molar-refractivity contribution in [2.75, 3.05) is 79.0 Å². The SMILES string of the molecule is COc1ccc(-c2ccc(N3CCN(C(=O)CN(CCN(C)C)C(=O)C(C)C)CC3)nn2)c(OC)c1. The topological polar surface area (TPSA) is 91.3 Å². The van der Waals surface area contributed by atoms with Crippen molar-refractivity contribution in [2.45, 2.75) is 13.8 Å². The number of rotatable bonds is 10. The summed E-state index contributed by atoms with van der Waals surface area (Å²) in [4.78, 5) is 33.2. The molecule has 0 saturated carbocycles. The zero-order valence-corrected chi connectivity index (χ0v) is 22.2. The summed E-state index contributed by atoms with van der Waals surface area (Å²) in [6.07, 6.45) is 0. The number of hydrogen-bond acceptors (Lipinski definition) is 8. The molecule has 1 aliphatic heterocycles. The van der Waals surface area contributed by atoms with Gasteiger partial charge in [0.15, 0.2) is 5.82 Å². The molecule has 0 radical (unpaired) electrons. The van der Waals surface area contributed by atoms with Gasteiger partial charge in [0.05, 0.1) is 26.5 Å². The van der Waals surface area contributed by atoms with E-state index in [4.69, 9.17) is 9.47 Å². The fourth-order valence-electron chi connectivity index (χ4n) is 4.05. The van der Waals surface area contributed by atoms with E-state index in [0.717, 1.165) is 17.9 Å². The van der Waals surface area contributed by atoms with Gasteiger partial charge in [-0.1, -0.05) is 13.8 Å². The summed E-state index contributed by atoms with van der Waals surface area (Å²) >= 11 is 0. The molecule has 1 saturated heterocycles. The third kappa shape index (κ3) is 6.84. The second kappa shape index (κ2) is 12.5. The van der Waals surface area contributed by atoms with Crippen molar-refractivity contribution >= 4 is 17.6 Å². The third-order valence-corrected chi connectivity index (χ3v) is 6.24. The minimum Gasteiger partial charge on any atom is -0.497 e. The Morgan fingerprint density at radius 2 is 1.69 bits per heavy atom. The predicted molar refractivity (Wildman–Crippen MR) is 139 cm³/mol. The first kappa shape index (κ1) is 27.2. The van der Waals surface area contributed by atoms with Gasteiger partial charge in [0.1, 0.15) is 11.5 Å². The molecule has 3 rings (SSSR count). The number of methoxy groups -OCH3 is 2. The van der Waals surface area contributed by atoms with Crippen LogP contribution in [-0.2, 0) is 9.59 Å². The zero-order chi connectivity index (χ0) is 26.2. The van der Waals surface area contributed by atoms with Crippen LogP contribution in [0.4, 0.5) is 5.82 Å². The Kier molecular flexibility index (Phi) is 9.46. The smallest absolute Gasteiger partial charge is 0.242 e. The summed E-state index contributed by atoms with van der Waals surface area (Å²) in [6.45, 7) is 7.56. The van der Waals surface area contributed by atoms with Crippen LogP contribution in [0.2, 0.25) is 0 Å². The van der Waals surface area contributed by atoms with Gasteiger partial charge < -0.3 is 29.1 Å². The van der Waals surface area contributed by atoms with E-state index < -0.39 is 0 Å². The lowest BCUT2D eigenvalue weighted by atomic mass is 10.1. The maximum atomic E-state index is 13.0. The van der Waals surface area contributed by atoms with Crippen LogP contribution in [0.15, 0.2) is 30.3 Å². The molecule has 0 N–H and O–H groups in total. The van der Waals surface area contributed by atoms with Crippen molar-refractivity contribution in [1.82, 2.24) is 24.9 Å². The molecule has 2 amide bonds. The van der Waals surface area contributed by atoms with Crippen LogP contribution in [0.5, 0.6) is 11.5 Å². The first-order valence-electron chi connectivity index (χ1n) is 12.3. The van der Waals surface area contributed by atoms with Crippen LogP contribution in [0.25, 0.3) is 11.3 Å². The molecule has 10 heteroatoms. The molecule has 1 aromatic heterocycles. The Hall–Kier alpha value is -3.40. The highest BCUT2D eigenvalue weighted by Crippen LogP contribution is 2.32. The molecule has 2 heterocycles. The number of likely N-dealkylation sites (N-methyl/N-ethyl adjacent to an activating group) is 1. The minimum atomic E-state index is -0.142. The maximum absolute atomic E-state index is 13.0. The van der Waals surface area contributed by atoms with E-state index in [9.17, 15) is 9.59 Å². The molecule has 10 nitrogen and oxygen atoms in total. The van der Waals surface area contributed by atoms with E-state index in [2.05, 4.69) is 15.1 Å². The molecule has 1 aliphatic rings. The summed E-state index contributed by atoms with van der Waals surface area (Å²) < 4.78 is 10.7. The molecule has 196 valence electrons. The molecular weight excluding hydrogens is 460 g/mol. The fourth-order valence-corrected chi connectivity index (χ4v) is 4.05. The van der Waals surface area contributed by atoms with Crippen LogP contribution in [-0.4, -0.2) is 111 Å². The van der Waals surface area contributed by atoms with Gasteiger partial charge in [-0.2, -0.15) is 0 Å². The Labute approximate surface area is 213 Å². The maximum Gasteiger partial charge on any atom is 0.242 e. The first-order chi connectivity index (χ1) is 17.2. The summed E-state index contributed by atoms with van der Waals surface area (Å²) in [6, 6.07) is 9.44. The minimum absolute atomic E-state index is 0.00712. The Morgan fingerprint density at radius 3 is 2.25 bits per heavy atom. The number of anilines is 1. The van der Waals surface area contributed by atoms with Crippen LogP contribution >= 0.6 is 0 Å². The highest BCUT2D eigenvalue weighted by Gasteiger charge is 2.26. The summed E-state index contributed by atoms with van der Waals surface area (Å²) in [5.41, 5.74) is 1.54. The molecule has 0 aliphatic carbocycles. The largest absolute Gasteiger partial charge is 0.497 e. The molecule has 1 aromatic carbocycles. The molecular formula is C26H38N6O4. The summed E-state index contributed by atoms with van der Waals surface area (Å²) in [5.74, 6) is 1.99. The van der Waals surface area contributed by atoms with Gasteiger partial charge >= 0.3 is 0 Å². The molecule has 0 bridgehead atoms. The number of amides is 2. The lowest BCUT2D eigenvalue weighted by Crippen LogP contribution is -2.53. The predicted octanol–water partition coefficient (Wildman–Crippen LogP) is 1.86. The van der Waals surface area contributed by atoms with Crippen LogP contribution in [0, 0.1) is 5.92 Å². The van der Waals surface area contributed by atoms with Crippen LogP contribution < -0.4 is 14.4 Å². The number of benzene rings is 1. The van der Waals surface area contributed by atoms with Gasteiger partial charge in [0, 0.05) is 56.8 Å². The van der Waals surface area contributed by atoms with E-state index in [1.54, 1.807) is 19.1 Å². The monoisotopic (exact) mass is 498 g/mol. The van der Waals surface area contributed by atoms with E-state index in [1.807, 2.05) is 68.1 Å². The zero-order valence-electron chi connectivity index (χ0n) is 22.2. The van der Waals surface area contributed by atoms with E-state index >= 15 is 0 Å². The average Bonchev–Trinajstić information content (AvgIpc) is 2.90. The van der Waals surface area contributed by atoms with Gasteiger partial charge in [-0.15, -0.1) is 10.2 Å². The fraction of sp³-hybridized carbons (Fsp3) is 0.538. The van der Waals surface area contributed by atoms with Crippen molar-refractivity contribution in [3.8, 4) is 22.8 Å². The van der Waals surface area contributed by atoms with Crippen molar-refractivity contribution in [3.63, 3.8) is 0 Å². The van der Waals surface area contributed by atoms with E-state index in [1.165, 1.54) is 0 Å². The highest BCUT2D eigenvalue weighted by molar-refractivity contribution is 5.85. The lowest BCUT2D eigenvalue weighted by Gasteiger charge is -2.36. The first-order valence-corrected chi connectivity index (χ1v) is 12.3. The number of nitrogens with zero attached hydrogens (tertiary/aromatic N) is 6. The lowest BCUT2D eigenvalue weighted by molar-refractivity contribution is -0.142. The molecule has 2 aromatic rings. The summed E-state index contributed by atoms with van der Waals surface area (Å²) in [5, 5.41) is 8.84. The second-order valence-electron chi connectivity index (χ2n) is 9.43. The third-order valence-electron chi connectivity index (χ3n) is 6.24. The molecule has 1 fully saturated rings. The van der Waals surface area contributed by atoms with Crippen molar-refractivity contribution < 1.29 is 19.1 Å². The molecule has 0 spiro atoms. The van der Waals surface area contributed by atoms with Gasteiger partial charge in [-0.25, -0.2) is 0 Å². The van der Waals surface area contributed by atoms with E-state index in [-0.39, 0.29) is 24.3 Å². The van der Waals surface area contributed by atoms with Gasteiger partial charge in [0.25, 0.3) is 0 Å². The number of carbonyl (C=O) groups is 2. The summed E-state index contributed by atoms with van der Waals surface area (Å²) in [7, 11) is 7.15. The number of carbonyl (C=O) groups excluding carboxylic acids is 2. The number of aromatic nitrogens is 2. The normalized spacial score (nSPS) is 13.8. The number of hydrogen-bond donors (Lipinski definition) is 0. The standard InChI is InChI=1S/C26H38N6O4/c1-19(2)26(34)32(12-11-29(3)4)18-25(33)31-15-13-30(14-16-31)24-10-9-22(27-28-24)21-8-7-20(35-5)17-23(21)36-6/h7-10,17,19H,11-16,18H2,1-6H3. The van der Waals surface area contributed by atoms with Crippen LogP contribution in [0.1, 0.15) is 13.8 Å². The number of piperazine rings is 1. The highest BCUT2D eigenvalue weighted by atomic mass is 16.5. The molecule has 0 atom stereocenters. The van der Waals surface area contributed by atoms with Crippen LogP contribution in [0.3, 0.4) is 0 Å². The van der Waals surface area contributed by atoms with Gasteiger partial charge in [0.2, 0.25) is 11.8 Å². The van der Waals surface area contributed by atoms with Gasteiger partial charge in [-0.05, 0) is 38.4 Å². The van der Waals surface area contributed by atoms with Crippen molar-refractivity contribution in [3.05, 3.63) is 30.3 Å². The Bertz CT molecular complexity index is 1020. The Balaban J connectivity index is 1.59. The molecule has 0 unspecified atom stereocenters. The molecule has 36 heavy (non-hydrogen) atoms.